The van der Waals surface area contributed by atoms with Crippen molar-refractivity contribution in [3.8, 4) is 11.3 Å². The minimum atomic E-state index is -0.258. The number of amides is 1. The molecule has 0 aliphatic rings. The second-order valence-corrected chi connectivity index (χ2v) is 7.16. The van der Waals surface area contributed by atoms with Crippen molar-refractivity contribution in [2.75, 3.05) is 5.32 Å². The van der Waals surface area contributed by atoms with Crippen LogP contribution < -0.4 is 5.32 Å². The number of pyridine rings is 2. The lowest BCUT2D eigenvalue weighted by Gasteiger charge is -2.12. The van der Waals surface area contributed by atoms with Gasteiger partial charge in [0, 0.05) is 22.2 Å². The van der Waals surface area contributed by atoms with Gasteiger partial charge in [0.2, 0.25) is 0 Å². The van der Waals surface area contributed by atoms with E-state index in [1.807, 2.05) is 43.3 Å². The molecule has 4 nitrogen and oxygen atoms in total. The minimum absolute atomic E-state index is 0.258. The summed E-state index contributed by atoms with van der Waals surface area (Å²) in [5.41, 5.74) is 3.39. The van der Waals surface area contributed by atoms with Gasteiger partial charge in [-0.2, -0.15) is 0 Å². The molecule has 0 saturated carbocycles. The SMILES string of the molecule is Cc1cccnc1NC(=O)c1cc(-c2ccc(Cl)cc2Cl)nc2ccccc12. The van der Waals surface area contributed by atoms with Crippen LogP contribution in [-0.4, -0.2) is 15.9 Å². The first-order chi connectivity index (χ1) is 13.5. The molecule has 1 N–H and O–H groups in total. The molecule has 0 fully saturated rings. The summed E-state index contributed by atoms with van der Waals surface area (Å²) in [7, 11) is 0. The molecule has 138 valence electrons. The summed E-state index contributed by atoms with van der Waals surface area (Å²) >= 11 is 12.4. The van der Waals surface area contributed by atoms with Crippen molar-refractivity contribution in [1.29, 1.82) is 0 Å². The summed E-state index contributed by atoms with van der Waals surface area (Å²) in [6.45, 7) is 1.90. The predicted molar refractivity (Wildman–Crippen MR) is 114 cm³/mol. The molecule has 2 aromatic carbocycles. The number of fused-ring (bicyclic) bond motifs is 1. The van der Waals surface area contributed by atoms with Gasteiger partial charge < -0.3 is 5.32 Å². The van der Waals surface area contributed by atoms with Gasteiger partial charge in [-0.15, -0.1) is 0 Å². The fourth-order valence-electron chi connectivity index (χ4n) is 2.99. The van der Waals surface area contributed by atoms with Crippen LogP contribution in [-0.2, 0) is 0 Å². The third-order valence-electron chi connectivity index (χ3n) is 4.41. The molecule has 2 aromatic heterocycles. The van der Waals surface area contributed by atoms with Crippen molar-refractivity contribution < 1.29 is 4.79 Å². The quantitative estimate of drug-likeness (QED) is 0.442. The van der Waals surface area contributed by atoms with Crippen LogP contribution in [0.1, 0.15) is 15.9 Å². The van der Waals surface area contributed by atoms with Crippen molar-refractivity contribution in [1.82, 2.24) is 9.97 Å². The summed E-state index contributed by atoms with van der Waals surface area (Å²) in [5, 5.41) is 4.66. The molecule has 0 atom stereocenters. The maximum absolute atomic E-state index is 13.1. The van der Waals surface area contributed by atoms with E-state index in [-0.39, 0.29) is 5.91 Å². The summed E-state index contributed by atoms with van der Waals surface area (Å²) in [4.78, 5) is 22.0. The Morgan fingerprint density at radius 2 is 1.82 bits per heavy atom. The van der Waals surface area contributed by atoms with Gasteiger partial charge in [0.15, 0.2) is 0 Å². The third-order valence-corrected chi connectivity index (χ3v) is 4.96. The van der Waals surface area contributed by atoms with Crippen molar-refractivity contribution in [2.45, 2.75) is 6.92 Å². The predicted octanol–water partition coefficient (Wildman–Crippen LogP) is 6.16. The Bertz CT molecular complexity index is 1210. The van der Waals surface area contributed by atoms with Gasteiger partial charge in [0.25, 0.3) is 5.91 Å². The van der Waals surface area contributed by atoms with E-state index in [1.54, 1.807) is 30.5 Å². The fraction of sp³-hybridized carbons (Fsp3) is 0.0455. The Morgan fingerprint density at radius 1 is 1.00 bits per heavy atom. The van der Waals surface area contributed by atoms with Crippen molar-refractivity contribution in [2.24, 2.45) is 0 Å². The molecule has 0 spiro atoms. The number of para-hydroxylation sites is 1. The Labute approximate surface area is 172 Å². The molecule has 2 heterocycles. The second-order valence-electron chi connectivity index (χ2n) is 6.32. The van der Waals surface area contributed by atoms with Crippen LogP contribution in [0.4, 0.5) is 5.82 Å². The highest BCUT2D eigenvalue weighted by molar-refractivity contribution is 6.36. The van der Waals surface area contributed by atoms with Gasteiger partial charge in [-0.25, -0.2) is 9.97 Å². The van der Waals surface area contributed by atoms with Gasteiger partial charge in [0.05, 0.1) is 21.8 Å². The zero-order valence-electron chi connectivity index (χ0n) is 14.9. The summed E-state index contributed by atoms with van der Waals surface area (Å²) in [6.07, 6.45) is 1.65. The Hall–Kier alpha value is -2.95. The van der Waals surface area contributed by atoms with E-state index >= 15 is 0 Å². The minimum Gasteiger partial charge on any atom is -0.306 e. The summed E-state index contributed by atoms with van der Waals surface area (Å²) in [5.74, 6) is 0.270. The summed E-state index contributed by atoms with van der Waals surface area (Å²) in [6, 6.07) is 18.2. The number of aryl methyl sites for hydroxylation is 1. The van der Waals surface area contributed by atoms with Crippen molar-refractivity contribution in [3.05, 3.63) is 88.0 Å². The molecule has 0 radical (unpaired) electrons. The molecule has 0 aliphatic carbocycles. The largest absolute Gasteiger partial charge is 0.306 e. The number of carbonyl (C=O) groups is 1. The number of rotatable bonds is 3. The number of aromatic nitrogens is 2. The Balaban J connectivity index is 1.85. The lowest BCUT2D eigenvalue weighted by Crippen LogP contribution is -2.15. The number of carbonyl (C=O) groups excluding carboxylic acids is 1. The smallest absolute Gasteiger partial charge is 0.257 e. The molecule has 0 saturated heterocycles. The van der Waals surface area contributed by atoms with Crippen molar-refractivity contribution >= 4 is 45.8 Å². The van der Waals surface area contributed by atoms with Crippen LogP contribution >= 0.6 is 23.2 Å². The lowest BCUT2D eigenvalue weighted by atomic mass is 10.0. The van der Waals surface area contributed by atoms with Gasteiger partial charge in [-0.05, 0) is 48.9 Å². The van der Waals surface area contributed by atoms with E-state index < -0.39 is 0 Å². The molecule has 4 aromatic rings. The topological polar surface area (TPSA) is 54.9 Å². The van der Waals surface area contributed by atoms with Gasteiger partial charge in [0.1, 0.15) is 5.82 Å². The molecule has 6 heteroatoms. The van der Waals surface area contributed by atoms with E-state index in [9.17, 15) is 4.79 Å². The number of hydrogen-bond acceptors (Lipinski definition) is 3. The average Bonchev–Trinajstić information content (AvgIpc) is 2.69. The lowest BCUT2D eigenvalue weighted by molar-refractivity contribution is 0.102. The molecule has 1 amide bonds. The number of halogens is 2. The maximum atomic E-state index is 13.1. The van der Waals surface area contributed by atoms with E-state index in [4.69, 9.17) is 23.2 Å². The highest BCUT2D eigenvalue weighted by Crippen LogP contribution is 2.32. The monoisotopic (exact) mass is 407 g/mol. The zero-order chi connectivity index (χ0) is 19.7. The van der Waals surface area contributed by atoms with Crippen LogP contribution in [0, 0.1) is 6.92 Å². The number of nitrogens with one attached hydrogen (secondary N) is 1. The van der Waals surface area contributed by atoms with Crippen LogP contribution in [0.25, 0.3) is 22.2 Å². The van der Waals surface area contributed by atoms with Crippen LogP contribution in [0.2, 0.25) is 10.0 Å². The van der Waals surface area contributed by atoms with Crippen LogP contribution in [0.3, 0.4) is 0 Å². The van der Waals surface area contributed by atoms with Gasteiger partial charge in [-0.3, -0.25) is 4.79 Å². The fourth-order valence-corrected chi connectivity index (χ4v) is 3.50. The van der Waals surface area contributed by atoms with E-state index in [1.165, 1.54) is 0 Å². The highest BCUT2D eigenvalue weighted by Gasteiger charge is 2.16. The van der Waals surface area contributed by atoms with Gasteiger partial charge >= 0.3 is 0 Å². The first kappa shape index (κ1) is 18.4. The molecule has 0 bridgehead atoms. The molecule has 28 heavy (non-hydrogen) atoms. The van der Waals surface area contributed by atoms with Crippen LogP contribution in [0.15, 0.2) is 66.9 Å². The zero-order valence-corrected chi connectivity index (χ0v) is 16.4. The molecular formula is C22H15Cl2N3O. The highest BCUT2D eigenvalue weighted by atomic mass is 35.5. The molecule has 4 rings (SSSR count). The van der Waals surface area contributed by atoms with Gasteiger partial charge in [-0.1, -0.05) is 47.5 Å². The molecular weight excluding hydrogens is 393 g/mol. The second kappa shape index (κ2) is 7.58. The van der Waals surface area contributed by atoms with Crippen molar-refractivity contribution in [3.63, 3.8) is 0 Å². The first-order valence-electron chi connectivity index (χ1n) is 8.61. The number of benzene rings is 2. The molecule has 0 unspecified atom stereocenters. The number of anilines is 1. The van der Waals surface area contributed by atoms with Crippen LogP contribution in [0.5, 0.6) is 0 Å². The standard InChI is InChI=1S/C22H15Cl2N3O/c1-13-5-4-10-25-21(13)27-22(28)17-12-20(16-9-8-14(23)11-18(16)24)26-19-7-3-2-6-15(17)19/h2-12H,1H3,(H,25,27,28). The number of hydrogen-bond donors (Lipinski definition) is 1. The van der Waals surface area contributed by atoms with E-state index in [2.05, 4.69) is 15.3 Å². The first-order valence-corrected chi connectivity index (χ1v) is 9.37. The average molecular weight is 408 g/mol. The summed E-state index contributed by atoms with van der Waals surface area (Å²) < 4.78 is 0. The number of nitrogens with zero attached hydrogens (tertiary/aromatic N) is 2. The van der Waals surface area contributed by atoms with E-state index in [0.717, 1.165) is 10.9 Å². The normalized spacial score (nSPS) is 10.8. The molecule has 0 aliphatic heterocycles. The van der Waals surface area contributed by atoms with E-state index in [0.29, 0.717) is 38.2 Å². The maximum Gasteiger partial charge on any atom is 0.257 e. The Morgan fingerprint density at radius 3 is 2.61 bits per heavy atom. The Kier molecular flexibility index (Phi) is 4.99. The third kappa shape index (κ3) is 3.57.